The summed E-state index contributed by atoms with van der Waals surface area (Å²) in [5, 5.41) is 4.20. The van der Waals surface area contributed by atoms with Crippen molar-refractivity contribution in [3.63, 3.8) is 0 Å². The van der Waals surface area contributed by atoms with Crippen molar-refractivity contribution in [2.75, 3.05) is 18.0 Å². The monoisotopic (exact) mass is 351 g/mol. The number of hydrogen-bond donors (Lipinski definition) is 0. The lowest BCUT2D eigenvalue weighted by molar-refractivity contribution is 0.609. The molecule has 1 fully saturated rings. The molecule has 2 aromatic rings. The van der Waals surface area contributed by atoms with Crippen molar-refractivity contribution in [1.82, 2.24) is 9.78 Å². The first kappa shape index (κ1) is 14.3. The number of nitrogens with zero attached hydrogens (tertiary/aromatic N) is 3. The fourth-order valence-electron chi connectivity index (χ4n) is 2.57. The molecule has 0 saturated carbocycles. The van der Waals surface area contributed by atoms with E-state index in [-0.39, 0.29) is 17.9 Å². The Hall–Kier alpha value is -1.69. The van der Waals surface area contributed by atoms with Crippen LogP contribution in [0, 0.1) is 5.82 Å². The number of rotatable bonds is 3. The van der Waals surface area contributed by atoms with Gasteiger partial charge >= 0.3 is 0 Å². The van der Waals surface area contributed by atoms with E-state index in [2.05, 4.69) is 25.9 Å². The second-order valence-corrected chi connectivity index (χ2v) is 6.10. The average molecular weight is 352 g/mol. The van der Waals surface area contributed by atoms with Gasteiger partial charge in [0.2, 0.25) is 0 Å². The molecular weight excluding hydrogens is 337 g/mol. The first-order valence-electron chi connectivity index (χ1n) is 6.89. The molecule has 2 heterocycles. The quantitative estimate of drug-likeness (QED) is 0.853. The van der Waals surface area contributed by atoms with Crippen molar-refractivity contribution < 1.29 is 4.39 Å². The first-order chi connectivity index (χ1) is 10.1. The van der Waals surface area contributed by atoms with E-state index in [1.54, 1.807) is 18.3 Å². The zero-order valence-electron chi connectivity index (χ0n) is 11.4. The van der Waals surface area contributed by atoms with Gasteiger partial charge in [-0.3, -0.25) is 4.79 Å². The molecule has 0 spiro atoms. The van der Waals surface area contributed by atoms with Crippen LogP contribution in [-0.4, -0.2) is 22.9 Å². The number of anilines is 1. The first-order valence-corrected chi connectivity index (χ1v) is 7.68. The molecule has 1 aliphatic heterocycles. The Morgan fingerprint density at radius 1 is 1.19 bits per heavy atom. The zero-order valence-corrected chi connectivity index (χ0v) is 13.0. The highest BCUT2D eigenvalue weighted by molar-refractivity contribution is 9.10. The Labute approximate surface area is 130 Å². The summed E-state index contributed by atoms with van der Waals surface area (Å²) in [5.41, 5.74) is 1.40. The van der Waals surface area contributed by atoms with Gasteiger partial charge in [0, 0.05) is 23.6 Å². The number of halogens is 2. The molecule has 0 unspecified atom stereocenters. The van der Waals surface area contributed by atoms with Gasteiger partial charge in [0.05, 0.1) is 18.4 Å². The highest BCUT2D eigenvalue weighted by Crippen LogP contribution is 2.18. The van der Waals surface area contributed by atoms with E-state index in [0.717, 1.165) is 31.6 Å². The van der Waals surface area contributed by atoms with Crippen molar-refractivity contribution in [3.8, 4) is 0 Å². The lowest BCUT2D eigenvalue weighted by Crippen LogP contribution is -2.26. The minimum absolute atomic E-state index is 0.167. The van der Waals surface area contributed by atoms with Crippen molar-refractivity contribution in [1.29, 1.82) is 0 Å². The van der Waals surface area contributed by atoms with Crippen molar-refractivity contribution >= 4 is 21.6 Å². The summed E-state index contributed by atoms with van der Waals surface area (Å²) < 4.78 is 15.4. The summed E-state index contributed by atoms with van der Waals surface area (Å²) in [6.07, 6.45) is 4.02. The molecule has 3 rings (SSSR count). The summed E-state index contributed by atoms with van der Waals surface area (Å²) >= 11 is 3.25. The molecule has 1 aliphatic rings. The fraction of sp³-hybridized carbons (Fsp3) is 0.333. The Bertz CT molecular complexity index is 690. The van der Waals surface area contributed by atoms with E-state index in [1.165, 1.54) is 16.8 Å². The zero-order chi connectivity index (χ0) is 14.8. The SMILES string of the molecule is O=c1cc(N2CCCC2)cnn1Cc1cc(F)cc(Br)c1. The van der Waals surface area contributed by atoms with Gasteiger partial charge in [-0.2, -0.15) is 5.10 Å². The van der Waals surface area contributed by atoms with Crippen LogP contribution in [0.4, 0.5) is 10.1 Å². The maximum absolute atomic E-state index is 13.4. The molecule has 1 aromatic carbocycles. The number of benzene rings is 1. The van der Waals surface area contributed by atoms with E-state index in [0.29, 0.717) is 10.0 Å². The third-order valence-corrected chi connectivity index (χ3v) is 4.04. The molecule has 0 N–H and O–H groups in total. The molecule has 0 aliphatic carbocycles. The summed E-state index contributed by atoms with van der Waals surface area (Å²) in [5.74, 6) is -0.332. The Balaban J connectivity index is 1.84. The predicted molar refractivity (Wildman–Crippen MR) is 83.1 cm³/mol. The van der Waals surface area contributed by atoms with Gasteiger partial charge in [0.1, 0.15) is 5.82 Å². The van der Waals surface area contributed by atoms with Gasteiger partial charge < -0.3 is 4.90 Å². The second kappa shape index (κ2) is 5.97. The van der Waals surface area contributed by atoms with Crippen LogP contribution in [0.15, 0.2) is 39.7 Å². The second-order valence-electron chi connectivity index (χ2n) is 5.18. The van der Waals surface area contributed by atoms with Crippen LogP contribution >= 0.6 is 15.9 Å². The lowest BCUT2D eigenvalue weighted by atomic mass is 10.2. The molecule has 21 heavy (non-hydrogen) atoms. The molecule has 110 valence electrons. The van der Waals surface area contributed by atoms with Gasteiger partial charge in [-0.05, 0) is 36.6 Å². The molecule has 0 amide bonds. The van der Waals surface area contributed by atoms with E-state index >= 15 is 0 Å². The third kappa shape index (κ3) is 3.32. The van der Waals surface area contributed by atoms with Crippen molar-refractivity contribution in [3.05, 3.63) is 56.7 Å². The van der Waals surface area contributed by atoms with Gasteiger partial charge in [-0.25, -0.2) is 9.07 Å². The van der Waals surface area contributed by atoms with Gasteiger partial charge in [0.25, 0.3) is 5.56 Å². The van der Waals surface area contributed by atoms with E-state index in [4.69, 9.17) is 0 Å². The Morgan fingerprint density at radius 2 is 1.95 bits per heavy atom. The van der Waals surface area contributed by atoms with Crippen LogP contribution in [0.5, 0.6) is 0 Å². The van der Waals surface area contributed by atoms with Gasteiger partial charge in [0.15, 0.2) is 0 Å². The molecule has 1 aromatic heterocycles. The van der Waals surface area contributed by atoms with Crippen molar-refractivity contribution in [2.45, 2.75) is 19.4 Å². The van der Waals surface area contributed by atoms with Crippen LogP contribution in [0.3, 0.4) is 0 Å². The van der Waals surface area contributed by atoms with Gasteiger partial charge in [-0.15, -0.1) is 0 Å². The lowest BCUT2D eigenvalue weighted by Gasteiger charge is -2.17. The standard InChI is InChI=1S/C15H15BrFN3O/c16-12-5-11(6-13(17)7-12)10-20-15(21)8-14(9-18-20)19-3-1-2-4-19/h5-9H,1-4,10H2. The smallest absolute Gasteiger partial charge is 0.269 e. The van der Waals surface area contributed by atoms with Crippen LogP contribution in [0.1, 0.15) is 18.4 Å². The largest absolute Gasteiger partial charge is 0.370 e. The Morgan fingerprint density at radius 3 is 2.62 bits per heavy atom. The van der Waals surface area contributed by atoms with E-state index < -0.39 is 0 Å². The summed E-state index contributed by atoms with van der Waals surface area (Å²) in [6.45, 7) is 2.21. The molecule has 0 bridgehead atoms. The summed E-state index contributed by atoms with van der Waals surface area (Å²) in [4.78, 5) is 14.3. The predicted octanol–water partition coefficient (Wildman–Crippen LogP) is 2.79. The minimum atomic E-state index is -0.332. The Kier molecular flexibility index (Phi) is 4.05. The fourth-order valence-corrected chi connectivity index (χ4v) is 3.08. The molecule has 1 saturated heterocycles. The molecule has 0 atom stereocenters. The molecule has 6 heteroatoms. The molecular formula is C15H15BrFN3O. The normalized spacial score (nSPS) is 14.7. The van der Waals surface area contributed by atoms with Crippen molar-refractivity contribution in [2.24, 2.45) is 0 Å². The van der Waals surface area contributed by atoms with Gasteiger partial charge in [-0.1, -0.05) is 15.9 Å². The maximum atomic E-state index is 13.4. The third-order valence-electron chi connectivity index (χ3n) is 3.58. The highest BCUT2D eigenvalue weighted by atomic mass is 79.9. The van der Waals surface area contributed by atoms with E-state index in [1.807, 2.05) is 0 Å². The topological polar surface area (TPSA) is 38.1 Å². The summed E-state index contributed by atoms with van der Waals surface area (Å²) in [7, 11) is 0. The van der Waals surface area contributed by atoms with Crippen LogP contribution in [-0.2, 0) is 6.54 Å². The average Bonchev–Trinajstić information content (AvgIpc) is 2.94. The van der Waals surface area contributed by atoms with Crippen LogP contribution in [0.25, 0.3) is 0 Å². The highest BCUT2D eigenvalue weighted by Gasteiger charge is 2.13. The summed E-state index contributed by atoms with van der Waals surface area (Å²) in [6, 6.07) is 6.18. The maximum Gasteiger partial charge on any atom is 0.269 e. The van der Waals surface area contributed by atoms with E-state index in [9.17, 15) is 9.18 Å². The molecule has 0 radical (unpaired) electrons. The number of hydrogen-bond acceptors (Lipinski definition) is 3. The minimum Gasteiger partial charge on any atom is -0.370 e. The van der Waals surface area contributed by atoms with Crippen LogP contribution in [0.2, 0.25) is 0 Å². The van der Waals surface area contributed by atoms with Crippen LogP contribution < -0.4 is 10.5 Å². The molecule has 4 nitrogen and oxygen atoms in total. The number of aromatic nitrogens is 2.